The van der Waals surface area contributed by atoms with Gasteiger partial charge in [-0.3, -0.25) is 9.69 Å². The minimum absolute atomic E-state index is 0.0895. The average Bonchev–Trinajstić information content (AvgIpc) is 2.78. The first kappa shape index (κ1) is 22.2. The molecule has 1 aliphatic carbocycles. The van der Waals surface area contributed by atoms with Crippen LogP contribution in [0.3, 0.4) is 0 Å². The zero-order chi connectivity index (χ0) is 23.2. The molecule has 0 bridgehead atoms. The zero-order valence-electron chi connectivity index (χ0n) is 20.0. The van der Waals surface area contributed by atoms with E-state index in [1.54, 1.807) is 0 Å². The number of ketones is 1. The standard InChI is InChI=1S/C29H32N2O/c1-18(2)31-13-11-22(12-14-31)23-8-10-26-25(16-23)28(32)27(20(4)29(26,5)6)24-9-7-21(17-30)15-19(24)3/h7-11,15-16,18H,12-14H2,1-6H3. The molecule has 0 spiro atoms. The fourth-order valence-corrected chi connectivity index (χ4v) is 5.05. The van der Waals surface area contributed by atoms with Crippen molar-refractivity contribution in [1.29, 1.82) is 5.26 Å². The number of Topliss-reactive ketones (excluding diaryl/α,β-unsaturated/α-hetero) is 1. The molecule has 32 heavy (non-hydrogen) atoms. The fourth-order valence-electron chi connectivity index (χ4n) is 5.05. The summed E-state index contributed by atoms with van der Waals surface area (Å²) in [7, 11) is 0. The number of carbonyl (C=O) groups excluding carboxylic acids is 1. The highest BCUT2D eigenvalue weighted by Crippen LogP contribution is 2.45. The fraction of sp³-hybridized carbons (Fsp3) is 0.379. The van der Waals surface area contributed by atoms with Crippen LogP contribution in [-0.4, -0.2) is 29.8 Å². The number of hydrogen-bond acceptors (Lipinski definition) is 3. The van der Waals surface area contributed by atoms with Gasteiger partial charge in [-0.2, -0.15) is 5.26 Å². The van der Waals surface area contributed by atoms with Crippen LogP contribution < -0.4 is 0 Å². The Kier molecular flexibility index (Phi) is 5.69. The minimum Gasteiger partial charge on any atom is -0.297 e. The van der Waals surface area contributed by atoms with Crippen molar-refractivity contribution < 1.29 is 4.79 Å². The summed E-state index contributed by atoms with van der Waals surface area (Å²) in [4.78, 5) is 16.3. The topological polar surface area (TPSA) is 44.1 Å². The van der Waals surface area contributed by atoms with Gasteiger partial charge in [-0.05, 0) is 80.1 Å². The summed E-state index contributed by atoms with van der Waals surface area (Å²) in [6.07, 6.45) is 3.32. The van der Waals surface area contributed by atoms with Crippen LogP contribution in [0.2, 0.25) is 0 Å². The molecule has 4 rings (SSSR count). The number of nitriles is 1. The maximum Gasteiger partial charge on any atom is 0.193 e. The van der Waals surface area contributed by atoms with Gasteiger partial charge in [0.25, 0.3) is 0 Å². The Morgan fingerprint density at radius 3 is 2.41 bits per heavy atom. The number of carbonyl (C=O) groups is 1. The van der Waals surface area contributed by atoms with Crippen LogP contribution in [0, 0.1) is 18.3 Å². The molecule has 0 radical (unpaired) electrons. The molecule has 3 nitrogen and oxygen atoms in total. The largest absolute Gasteiger partial charge is 0.297 e. The third-order valence-electron chi connectivity index (χ3n) is 7.44. The third-order valence-corrected chi connectivity index (χ3v) is 7.44. The van der Waals surface area contributed by atoms with Gasteiger partial charge in [0.1, 0.15) is 0 Å². The highest BCUT2D eigenvalue weighted by atomic mass is 16.1. The molecule has 2 aliphatic rings. The minimum atomic E-state index is -0.243. The molecule has 2 aromatic carbocycles. The van der Waals surface area contributed by atoms with Gasteiger partial charge in [-0.1, -0.05) is 43.7 Å². The van der Waals surface area contributed by atoms with Crippen LogP contribution in [0.1, 0.15) is 79.2 Å². The Hall–Kier alpha value is -2.96. The summed E-state index contributed by atoms with van der Waals surface area (Å²) < 4.78 is 0. The van der Waals surface area contributed by atoms with E-state index in [4.69, 9.17) is 0 Å². The predicted octanol–water partition coefficient (Wildman–Crippen LogP) is 6.31. The van der Waals surface area contributed by atoms with Gasteiger partial charge in [-0.25, -0.2) is 0 Å². The lowest BCUT2D eigenvalue weighted by Crippen LogP contribution is -2.34. The Bertz CT molecular complexity index is 1200. The molecule has 0 atom stereocenters. The summed E-state index contributed by atoms with van der Waals surface area (Å²) in [6, 6.07) is 14.8. The summed E-state index contributed by atoms with van der Waals surface area (Å²) in [5, 5.41) is 9.24. The number of rotatable bonds is 3. The van der Waals surface area contributed by atoms with Gasteiger partial charge in [0.05, 0.1) is 11.6 Å². The Morgan fingerprint density at radius 2 is 1.81 bits per heavy atom. The molecule has 1 heterocycles. The quantitative estimate of drug-likeness (QED) is 0.580. The van der Waals surface area contributed by atoms with Gasteiger partial charge in [0.2, 0.25) is 0 Å². The van der Waals surface area contributed by atoms with Crippen LogP contribution in [0.5, 0.6) is 0 Å². The van der Waals surface area contributed by atoms with Crippen molar-refractivity contribution in [2.24, 2.45) is 0 Å². The summed E-state index contributed by atoms with van der Waals surface area (Å²) >= 11 is 0. The first-order valence-electron chi connectivity index (χ1n) is 11.5. The van der Waals surface area contributed by atoms with Crippen molar-refractivity contribution in [3.63, 3.8) is 0 Å². The first-order chi connectivity index (χ1) is 15.1. The van der Waals surface area contributed by atoms with E-state index in [1.807, 2.05) is 25.1 Å². The normalized spacial score (nSPS) is 18.4. The first-order valence-corrected chi connectivity index (χ1v) is 11.5. The molecule has 0 amide bonds. The van der Waals surface area contributed by atoms with Crippen LogP contribution >= 0.6 is 0 Å². The Balaban J connectivity index is 1.79. The number of aryl methyl sites for hydroxylation is 1. The number of benzene rings is 2. The smallest absolute Gasteiger partial charge is 0.193 e. The molecular formula is C29H32N2O. The summed E-state index contributed by atoms with van der Waals surface area (Å²) in [5.41, 5.74) is 8.53. The zero-order valence-corrected chi connectivity index (χ0v) is 20.0. The van der Waals surface area contributed by atoms with Gasteiger partial charge < -0.3 is 0 Å². The number of allylic oxidation sites excluding steroid dienone is 2. The lowest BCUT2D eigenvalue weighted by atomic mass is 9.67. The molecule has 164 valence electrons. The molecule has 0 saturated carbocycles. The molecule has 0 unspecified atom stereocenters. The lowest BCUT2D eigenvalue weighted by molar-refractivity contribution is 0.105. The van der Waals surface area contributed by atoms with Crippen LogP contribution in [0.4, 0.5) is 0 Å². The van der Waals surface area contributed by atoms with Crippen LogP contribution in [0.25, 0.3) is 11.1 Å². The van der Waals surface area contributed by atoms with Crippen molar-refractivity contribution in [1.82, 2.24) is 4.90 Å². The second kappa shape index (κ2) is 8.19. The molecule has 0 aromatic heterocycles. The Labute approximate surface area is 192 Å². The van der Waals surface area contributed by atoms with E-state index in [0.717, 1.165) is 58.5 Å². The monoisotopic (exact) mass is 424 g/mol. The third kappa shape index (κ3) is 3.63. The van der Waals surface area contributed by atoms with E-state index in [0.29, 0.717) is 11.6 Å². The second-order valence-corrected chi connectivity index (χ2v) is 9.92. The van der Waals surface area contributed by atoms with Gasteiger partial charge in [-0.15, -0.1) is 0 Å². The molecule has 2 aromatic rings. The molecular weight excluding hydrogens is 392 g/mol. The number of hydrogen-bond donors (Lipinski definition) is 0. The SMILES string of the molecule is CC1=C(c2ccc(C#N)cc2C)C(=O)c2cc(C3=CCN(C(C)C)CC3)ccc2C1(C)C. The van der Waals surface area contributed by atoms with E-state index in [9.17, 15) is 10.1 Å². The lowest BCUT2D eigenvalue weighted by Gasteiger charge is -2.36. The molecule has 1 aliphatic heterocycles. The van der Waals surface area contributed by atoms with Crippen LogP contribution in [-0.2, 0) is 5.41 Å². The van der Waals surface area contributed by atoms with Crippen molar-refractivity contribution in [3.8, 4) is 6.07 Å². The average molecular weight is 425 g/mol. The van der Waals surface area contributed by atoms with E-state index in [-0.39, 0.29) is 11.2 Å². The Morgan fingerprint density at radius 1 is 1.06 bits per heavy atom. The molecule has 0 fully saturated rings. The predicted molar refractivity (Wildman–Crippen MR) is 132 cm³/mol. The van der Waals surface area contributed by atoms with Gasteiger partial charge in [0.15, 0.2) is 5.78 Å². The second-order valence-electron chi connectivity index (χ2n) is 9.92. The van der Waals surface area contributed by atoms with Crippen LogP contribution in [0.15, 0.2) is 48.0 Å². The number of nitrogens with zero attached hydrogens (tertiary/aromatic N) is 2. The summed E-state index contributed by atoms with van der Waals surface area (Å²) in [5.74, 6) is 0.0895. The summed E-state index contributed by atoms with van der Waals surface area (Å²) in [6.45, 7) is 14.9. The highest BCUT2D eigenvalue weighted by molar-refractivity contribution is 6.32. The van der Waals surface area contributed by atoms with E-state index in [2.05, 4.69) is 69.9 Å². The highest BCUT2D eigenvalue weighted by Gasteiger charge is 2.37. The van der Waals surface area contributed by atoms with Gasteiger partial charge in [0, 0.05) is 35.7 Å². The maximum absolute atomic E-state index is 13.8. The molecule has 0 saturated heterocycles. The van der Waals surface area contributed by atoms with Crippen molar-refractivity contribution in [3.05, 3.63) is 81.4 Å². The van der Waals surface area contributed by atoms with Crippen molar-refractivity contribution in [2.75, 3.05) is 13.1 Å². The maximum atomic E-state index is 13.8. The van der Waals surface area contributed by atoms with Crippen molar-refractivity contribution >= 4 is 16.9 Å². The van der Waals surface area contributed by atoms with Gasteiger partial charge >= 0.3 is 0 Å². The van der Waals surface area contributed by atoms with Crippen molar-refractivity contribution in [2.45, 2.75) is 59.4 Å². The van der Waals surface area contributed by atoms with E-state index < -0.39 is 0 Å². The van der Waals surface area contributed by atoms with E-state index in [1.165, 1.54) is 5.57 Å². The molecule has 0 N–H and O–H groups in total. The molecule has 3 heteroatoms. The number of fused-ring (bicyclic) bond motifs is 1. The van der Waals surface area contributed by atoms with E-state index >= 15 is 0 Å².